The highest BCUT2D eigenvalue weighted by Crippen LogP contribution is 2.33. The van der Waals surface area contributed by atoms with E-state index in [0.717, 1.165) is 5.56 Å². The zero-order valence-electron chi connectivity index (χ0n) is 7.81. The monoisotopic (exact) mass is 203 g/mol. The summed E-state index contributed by atoms with van der Waals surface area (Å²) in [5, 5.41) is 0. The average Bonchev–Trinajstić information content (AvgIpc) is 2.07. The fourth-order valence-electron chi connectivity index (χ4n) is 1.26. The van der Waals surface area contributed by atoms with Gasteiger partial charge in [-0.3, -0.25) is 0 Å². The van der Waals surface area contributed by atoms with Gasteiger partial charge in [-0.1, -0.05) is 29.8 Å². The lowest BCUT2D eigenvalue weighted by Gasteiger charge is -2.18. The largest absolute Gasteiger partial charge is 0.396 e. The Morgan fingerprint density at radius 3 is 2.07 bits per heavy atom. The molecule has 0 spiro atoms. The quantitative estimate of drug-likeness (QED) is 0.785. The zero-order chi connectivity index (χ0) is 10.8. The molecule has 4 heteroatoms. The number of aryl methyl sites for hydroxylation is 1. The molecule has 0 radical (unpaired) electrons. The first-order valence-corrected chi connectivity index (χ1v) is 4.28. The molecule has 0 bridgehead atoms. The van der Waals surface area contributed by atoms with Crippen molar-refractivity contribution < 1.29 is 13.2 Å². The molecule has 0 aliphatic heterocycles. The summed E-state index contributed by atoms with van der Waals surface area (Å²) in [5.41, 5.74) is 6.27. The molecule has 0 fully saturated rings. The molecule has 0 aromatic heterocycles. The van der Waals surface area contributed by atoms with Crippen LogP contribution >= 0.6 is 0 Å². The zero-order valence-corrected chi connectivity index (χ0v) is 7.81. The molecular weight excluding hydrogens is 191 g/mol. The highest BCUT2D eigenvalue weighted by molar-refractivity contribution is 5.25. The average molecular weight is 203 g/mol. The van der Waals surface area contributed by atoms with Crippen molar-refractivity contribution in [3.8, 4) is 0 Å². The summed E-state index contributed by atoms with van der Waals surface area (Å²) in [6, 6.07) is 6.26. The Hall–Kier alpha value is -1.03. The van der Waals surface area contributed by atoms with E-state index in [1.54, 1.807) is 12.1 Å². The van der Waals surface area contributed by atoms with Crippen molar-refractivity contribution in [2.75, 3.05) is 6.54 Å². The summed E-state index contributed by atoms with van der Waals surface area (Å²) in [4.78, 5) is 0. The van der Waals surface area contributed by atoms with Gasteiger partial charge in [0.2, 0.25) is 0 Å². The molecule has 0 aliphatic carbocycles. The van der Waals surface area contributed by atoms with Crippen LogP contribution in [0.15, 0.2) is 24.3 Å². The van der Waals surface area contributed by atoms with E-state index in [1.807, 2.05) is 6.92 Å². The minimum atomic E-state index is -4.26. The van der Waals surface area contributed by atoms with Crippen molar-refractivity contribution in [2.24, 2.45) is 5.73 Å². The second-order valence-electron chi connectivity index (χ2n) is 3.24. The number of rotatable bonds is 2. The molecule has 0 heterocycles. The Kier molecular flexibility index (Phi) is 3.16. The summed E-state index contributed by atoms with van der Waals surface area (Å²) in [7, 11) is 0. The van der Waals surface area contributed by atoms with Crippen molar-refractivity contribution in [3.05, 3.63) is 35.4 Å². The van der Waals surface area contributed by atoms with Gasteiger partial charge < -0.3 is 5.73 Å². The smallest absolute Gasteiger partial charge is 0.330 e. The molecule has 78 valence electrons. The van der Waals surface area contributed by atoms with Gasteiger partial charge >= 0.3 is 6.18 Å². The Morgan fingerprint density at radius 1 is 1.21 bits per heavy atom. The van der Waals surface area contributed by atoms with Gasteiger partial charge in [0.25, 0.3) is 0 Å². The lowest BCUT2D eigenvalue weighted by Crippen LogP contribution is -2.27. The van der Waals surface area contributed by atoms with E-state index in [4.69, 9.17) is 5.73 Å². The van der Waals surface area contributed by atoms with Gasteiger partial charge in [0.15, 0.2) is 0 Å². The first-order valence-electron chi connectivity index (χ1n) is 4.28. The third-order valence-electron chi connectivity index (χ3n) is 2.11. The molecule has 1 unspecified atom stereocenters. The van der Waals surface area contributed by atoms with Crippen LogP contribution in [0, 0.1) is 6.92 Å². The third kappa shape index (κ3) is 2.48. The van der Waals surface area contributed by atoms with Crippen LogP contribution in [0.2, 0.25) is 0 Å². The SMILES string of the molecule is Cc1ccc(C(CN)C(F)(F)F)cc1. The van der Waals surface area contributed by atoms with Crippen LogP contribution in [0.25, 0.3) is 0 Å². The topological polar surface area (TPSA) is 26.0 Å². The van der Waals surface area contributed by atoms with Gasteiger partial charge in [-0.05, 0) is 12.5 Å². The molecule has 14 heavy (non-hydrogen) atoms. The molecule has 0 saturated heterocycles. The maximum atomic E-state index is 12.4. The van der Waals surface area contributed by atoms with Crippen molar-refractivity contribution in [1.82, 2.24) is 0 Å². The summed E-state index contributed by atoms with van der Waals surface area (Å²) in [6.45, 7) is 1.42. The molecule has 1 rings (SSSR count). The Labute approximate surface area is 80.7 Å². The molecule has 1 nitrogen and oxygen atoms in total. The number of nitrogens with two attached hydrogens (primary N) is 1. The first-order chi connectivity index (χ1) is 6.45. The molecule has 0 amide bonds. The van der Waals surface area contributed by atoms with Crippen LogP contribution in [-0.2, 0) is 0 Å². The second-order valence-corrected chi connectivity index (χ2v) is 3.24. The van der Waals surface area contributed by atoms with Crippen LogP contribution in [-0.4, -0.2) is 12.7 Å². The number of alkyl halides is 3. The normalized spacial score (nSPS) is 14.1. The standard InChI is InChI=1S/C10H12F3N/c1-7-2-4-8(5-3-7)9(6-14)10(11,12)13/h2-5,9H,6,14H2,1H3. The van der Waals surface area contributed by atoms with Gasteiger partial charge in [-0.15, -0.1) is 0 Å². The predicted octanol–water partition coefficient (Wildman–Crippen LogP) is 2.60. The first kappa shape index (κ1) is 11.0. The Balaban J connectivity index is 2.96. The highest BCUT2D eigenvalue weighted by atomic mass is 19.4. The van der Waals surface area contributed by atoms with Crippen molar-refractivity contribution >= 4 is 0 Å². The summed E-state index contributed by atoms with van der Waals surface area (Å²) in [5.74, 6) is -1.55. The molecule has 0 saturated carbocycles. The number of benzene rings is 1. The van der Waals surface area contributed by atoms with Gasteiger partial charge in [0.05, 0.1) is 5.92 Å². The fourth-order valence-corrected chi connectivity index (χ4v) is 1.26. The predicted molar refractivity (Wildman–Crippen MR) is 49.0 cm³/mol. The van der Waals surface area contributed by atoms with Gasteiger partial charge in [-0.25, -0.2) is 0 Å². The second kappa shape index (κ2) is 4.00. The molecule has 1 aromatic carbocycles. The Morgan fingerprint density at radius 2 is 1.71 bits per heavy atom. The maximum absolute atomic E-state index is 12.4. The van der Waals surface area contributed by atoms with Crippen LogP contribution < -0.4 is 5.73 Å². The van der Waals surface area contributed by atoms with E-state index >= 15 is 0 Å². The minimum absolute atomic E-state index is 0.227. The van der Waals surface area contributed by atoms with E-state index in [-0.39, 0.29) is 5.56 Å². The van der Waals surface area contributed by atoms with Crippen LogP contribution in [0.3, 0.4) is 0 Å². The molecule has 1 atom stereocenters. The lowest BCUT2D eigenvalue weighted by atomic mass is 9.98. The van der Waals surface area contributed by atoms with Crippen LogP contribution in [0.1, 0.15) is 17.0 Å². The number of halogens is 3. The van der Waals surface area contributed by atoms with Crippen LogP contribution in [0.5, 0.6) is 0 Å². The third-order valence-corrected chi connectivity index (χ3v) is 2.11. The van der Waals surface area contributed by atoms with E-state index in [1.165, 1.54) is 12.1 Å². The van der Waals surface area contributed by atoms with Crippen molar-refractivity contribution in [1.29, 1.82) is 0 Å². The fraction of sp³-hybridized carbons (Fsp3) is 0.400. The van der Waals surface area contributed by atoms with Gasteiger partial charge in [0.1, 0.15) is 0 Å². The Bertz CT molecular complexity index is 289. The molecule has 1 aromatic rings. The summed E-state index contributed by atoms with van der Waals surface area (Å²) >= 11 is 0. The van der Waals surface area contributed by atoms with E-state index in [9.17, 15) is 13.2 Å². The molecule has 0 aliphatic rings. The van der Waals surface area contributed by atoms with Crippen molar-refractivity contribution in [2.45, 2.75) is 19.0 Å². The number of hydrogen-bond acceptors (Lipinski definition) is 1. The summed E-state index contributed by atoms with van der Waals surface area (Å²) in [6.07, 6.45) is -4.26. The van der Waals surface area contributed by atoms with Gasteiger partial charge in [-0.2, -0.15) is 13.2 Å². The number of hydrogen-bond donors (Lipinski definition) is 1. The van der Waals surface area contributed by atoms with Gasteiger partial charge in [0, 0.05) is 6.54 Å². The minimum Gasteiger partial charge on any atom is -0.330 e. The lowest BCUT2D eigenvalue weighted by molar-refractivity contribution is -0.148. The van der Waals surface area contributed by atoms with E-state index < -0.39 is 18.6 Å². The van der Waals surface area contributed by atoms with Crippen LogP contribution in [0.4, 0.5) is 13.2 Å². The van der Waals surface area contributed by atoms with E-state index in [0.29, 0.717) is 0 Å². The maximum Gasteiger partial charge on any atom is 0.396 e. The molecular formula is C10H12F3N. The summed E-state index contributed by atoms with van der Waals surface area (Å²) < 4.78 is 37.3. The van der Waals surface area contributed by atoms with Crippen molar-refractivity contribution in [3.63, 3.8) is 0 Å². The highest BCUT2D eigenvalue weighted by Gasteiger charge is 2.39. The van der Waals surface area contributed by atoms with E-state index in [2.05, 4.69) is 0 Å². The molecule has 2 N–H and O–H groups in total.